The smallest absolute Gasteiger partial charge is 0.266 e. The lowest BCUT2D eigenvalue weighted by molar-refractivity contribution is -0.116. The number of aromatic nitrogens is 1. The Morgan fingerprint density at radius 3 is 2.53 bits per heavy atom. The molecule has 6 nitrogen and oxygen atoms in total. The molecule has 0 saturated heterocycles. The third-order valence-corrected chi connectivity index (χ3v) is 5.16. The molecule has 3 rings (SSSR count). The van der Waals surface area contributed by atoms with Crippen LogP contribution < -0.4 is 10.2 Å². The number of nitriles is 1. The molecule has 1 N–H and O–H groups in total. The second kappa shape index (κ2) is 9.16. The largest absolute Gasteiger partial charge is 0.321 e. The third-order valence-electron chi connectivity index (χ3n) is 4.32. The van der Waals surface area contributed by atoms with Gasteiger partial charge < -0.3 is 5.32 Å². The number of amides is 2. The number of nitrogens with one attached hydrogen (secondary N) is 1. The van der Waals surface area contributed by atoms with Gasteiger partial charge in [-0.3, -0.25) is 14.5 Å². The minimum absolute atomic E-state index is 0.0686. The van der Waals surface area contributed by atoms with E-state index in [1.807, 2.05) is 68.4 Å². The summed E-state index contributed by atoms with van der Waals surface area (Å²) in [6, 6.07) is 16.8. The van der Waals surface area contributed by atoms with Crippen molar-refractivity contribution in [2.45, 2.75) is 20.8 Å². The molecule has 0 saturated carbocycles. The maximum Gasteiger partial charge on any atom is 0.266 e. The molecule has 2 aromatic carbocycles. The number of aryl methyl sites for hydroxylation is 2. The van der Waals surface area contributed by atoms with Gasteiger partial charge in [0.25, 0.3) is 5.91 Å². The van der Waals surface area contributed by atoms with Crippen LogP contribution in [-0.4, -0.2) is 16.8 Å². The summed E-state index contributed by atoms with van der Waals surface area (Å²) < 4.78 is 0. The van der Waals surface area contributed by atoms with Crippen LogP contribution in [0.4, 0.5) is 16.5 Å². The molecule has 0 spiro atoms. The normalized spacial score (nSPS) is 10.9. The highest BCUT2D eigenvalue weighted by Crippen LogP contribution is 2.29. The summed E-state index contributed by atoms with van der Waals surface area (Å²) in [4.78, 5) is 30.6. The van der Waals surface area contributed by atoms with Crippen molar-refractivity contribution < 1.29 is 9.59 Å². The zero-order valence-corrected chi connectivity index (χ0v) is 17.7. The Labute approximate surface area is 179 Å². The number of rotatable bonds is 5. The Hall–Kier alpha value is -3.76. The third kappa shape index (κ3) is 4.80. The first kappa shape index (κ1) is 21.0. The molecule has 7 heteroatoms. The van der Waals surface area contributed by atoms with Crippen LogP contribution in [0.5, 0.6) is 0 Å². The van der Waals surface area contributed by atoms with E-state index in [1.165, 1.54) is 29.2 Å². The lowest BCUT2D eigenvalue weighted by atomic mass is 10.1. The molecule has 0 atom stereocenters. The molecule has 1 heterocycles. The minimum Gasteiger partial charge on any atom is -0.321 e. The van der Waals surface area contributed by atoms with Crippen LogP contribution >= 0.6 is 11.3 Å². The maximum absolute atomic E-state index is 12.6. The van der Waals surface area contributed by atoms with Crippen LogP contribution in [0, 0.1) is 25.2 Å². The minimum atomic E-state index is -0.509. The average molecular weight is 417 g/mol. The molecular weight excluding hydrogens is 396 g/mol. The lowest BCUT2D eigenvalue weighted by Gasteiger charge is -2.17. The number of carbonyl (C=O) groups is 2. The quantitative estimate of drug-likeness (QED) is 0.469. The molecule has 3 aromatic rings. The SMILES string of the molecule is CC(=O)N(c1ccccc1)c1nc(/C=C(\C#N)C(=O)Nc2ccc(C)cc2C)cs1. The highest BCUT2D eigenvalue weighted by Gasteiger charge is 2.18. The van der Waals surface area contributed by atoms with Gasteiger partial charge in [-0.15, -0.1) is 11.3 Å². The second-order valence-electron chi connectivity index (χ2n) is 6.69. The zero-order valence-electron chi connectivity index (χ0n) is 16.8. The van der Waals surface area contributed by atoms with Crippen LogP contribution in [0.25, 0.3) is 6.08 Å². The molecule has 150 valence electrons. The van der Waals surface area contributed by atoms with Crippen molar-refractivity contribution in [3.8, 4) is 6.07 Å². The van der Waals surface area contributed by atoms with E-state index in [4.69, 9.17) is 0 Å². The van der Waals surface area contributed by atoms with Crippen molar-refractivity contribution in [3.63, 3.8) is 0 Å². The van der Waals surface area contributed by atoms with Crippen molar-refractivity contribution in [2.24, 2.45) is 0 Å². The van der Waals surface area contributed by atoms with Gasteiger partial charge >= 0.3 is 0 Å². The molecule has 0 radical (unpaired) electrons. The first-order valence-corrected chi connectivity index (χ1v) is 10.1. The van der Waals surface area contributed by atoms with Gasteiger partial charge in [0, 0.05) is 18.0 Å². The van der Waals surface area contributed by atoms with Crippen molar-refractivity contribution in [1.82, 2.24) is 4.98 Å². The number of para-hydroxylation sites is 1. The van der Waals surface area contributed by atoms with Gasteiger partial charge in [-0.2, -0.15) is 5.26 Å². The van der Waals surface area contributed by atoms with Gasteiger partial charge in [-0.1, -0.05) is 35.9 Å². The summed E-state index contributed by atoms with van der Waals surface area (Å²) in [6.45, 7) is 5.33. The van der Waals surface area contributed by atoms with Gasteiger partial charge in [0.2, 0.25) is 5.91 Å². The summed E-state index contributed by atoms with van der Waals surface area (Å²) in [6.07, 6.45) is 1.42. The van der Waals surface area contributed by atoms with E-state index in [0.29, 0.717) is 22.2 Å². The van der Waals surface area contributed by atoms with Gasteiger partial charge in [0.15, 0.2) is 5.13 Å². The van der Waals surface area contributed by atoms with Gasteiger partial charge in [-0.25, -0.2) is 4.98 Å². The molecule has 0 unspecified atom stereocenters. The maximum atomic E-state index is 12.6. The number of nitrogens with zero attached hydrogens (tertiary/aromatic N) is 3. The van der Waals surface area contributed by atoms with E-state index in [9.17, 15) is 14.9 Å². The Morgan fingerprint density at radius 2 is 1.90 bits per heavy atom. The molecular formula is C23H20N4O2S. The van der Waals surface area contributed by atoms with E-state index < -0.39 is 5.91 Å². The fourth-order valence-electron chi connectivity index (χ4n) is 2.89. The fourth-order valence-corrected chi connectivity index (χ4v) is 3.73. The predicted octanol–water partition coefficient (Wildman–Crippen LogP) is 4.99. The monoisotopic (exact) mass is 416 g/mol. The molecule has 0 aliphatic rings. The van der Waals surface area contributed by atoms with Crippen LogP contribution in [0.15, 0.2) is 59.5 Å². The van der Waals surface area contributed by atoms with Crippen molar-refractivity contribution in [3.05, 3.63) is 76.3 Å². The van der Waals surface area contributed by atoms with Crippen LogP contribution in [0.2, 0.25) is 0 Å². The summed E-state index contributed by atoms with van der Waals surface area (Å²) in [5, 5.41) is 14.4. The molecule has 0 fully saturated rings. The van der Waals surface area contributed by atoms with Crippen molar-refractivity contribution in [2.75, 3.05) is 10.2 Å². The lowest BCUT2D eigenvalue weighted by Crippen LogP contribution is -2.22. The summed E-state index contributed by atoms with van der Waals surface area (Å²) in [7, 11) is 0. The van der Waals surface area contributed by atoms with Crippen molar-refractivity contribution >= 4 is 45.7 Å². The predicted molar refractivity (Wildman–Crippen MR) is 120 cm³/mol. The van der Waals surface area contributed by atoms with Gasteiger partial charge in [0.05, 0.1) is 11.4 Å². The number of benzene rings is 2. The Kier molecular flexibility index (Phi) is 6.40. The fraction of sp³-hybridized carbons (Fsp3) is 0.130. The van der Waals surface area contributed by atoms with E-state index >= 15 is 0 Å². The van der Waals surface area contributed by atoms with Crippen LogP contribution in [0.1, 0.15) is 23.7 Å². The average Bonchev–Trinajstić information content (AvgIpc) is 3.16. The first-order valence-electron chi connectivity index (χ1n) is 9.20. The molecule has 2 amide bonds. The zero-order chi connectivity index (χ0) is 21.7. The summed E-state index contributed by atoms with van der Waals surface area (Å²) in [5.41, 5.74) is 3.72. The van der Waals surface area contributed by atoms with E-state index in [0.717, 1.165) is 11.1 Å². The first-order chi connectivity index (χ1) is 14.4. The topological polar surface area (TPSA) is 86.1 Å². The summed E-state index contributed by atoms with van der Waals surface area (Å²) >= 11 is 1.26. The van der Waals surface area contributed by atoms with E-state index in [-0.39, 0.29) is 11.5 Å². The summed E-state index contributed by atoms with van der Waals surface area (Å²) in [5.74, 6) is -0.690. The Balaban J connectivity index is 1.85. The van der Waals surface area contributed by atoms with Gasteiger partial charge in [0.1, 0.15) is 11.6 Å². The molecule has 30 heavy (non-hydrogen) atoms. The second-order valence-corrected chi connectivity index (χ2v) is 7.52. The van der Waals surface area contributed by atoms with E-state index in [1.54, 1.807) is 5.38 Å². The standard InChI is InChI=1S/C23H20N4O2S/c1-15-9-10-21(16(2)11-15)26-22(29)18(13-24)12-19-14-30-23(25-19)27(17(3)28)20-7-5-4-6-8-20/h4-12,14H,1-3H3,(H,26,29)/b18-12+. The molecule has 0 aliphatic carbocycles. The number of anilines is 3. The number of hydrogen-bond acceptors (Lipinski definition) is 5. The van der Waals surface area contributed by atoms with E-state index in [2.05, 4.69) is 10.3 Å². The van der Waals surface area contributed by atoms with Crippen LogP contribution in [-0.2, 0) is 9.59 Å². The Bertz CT molecular complexity index is 1160. The molecule has 0 aliphatic heterocycles. The number of hydrogen-bond donors (Lipinski definition) is 1. The molecule has 1 aromatic heterocycles. The molecule has 0 bridgehead atoms. The highest BCUT2D eigenvalue weighted by atomic mass is 32.1. The number of thiazole rings is 1. The van der Waals surface area contributed by atoms with Crippen molar-refractivity contribution in [1.29, 1.82) is 5.26 Å². The Morgan fingerprint density at radius 1 is 1.17 bits per heavy atom. The highest BCUT2D eigenvalue weighted by molar-refractivity contribution is 7.14. The van der Waals surface area contributed by atoms with Gasteiger partial charge in [-0.05, 0) is 43.7 Å². The van der Waals surface area contributed by atoms with Crippen LogP contribution in [0.3, 0.4) is 0 Å². The number of carbonyl (C=O) groups excluding carboxylic acids is 2.